The third kappa shape index (κ3) is 5.39. The number of carbonyl (C=O) groups is 3. The summed E-state index contributed by atoms with van der Waals surface area (Å²) < 4.78 is 5.56. The van der Waals surface area contributed by atoms with Crippen LogP contribution >= 0.6 is 0 Å². The summed E-state index contributed by atoms with van der Waals surface area (Å²) in [5.41, 5.74) is 4.70. The second-order valence-corrected chi connectivity index (χ2v) is 9.05. The topological polar surface area (TPSA) is 116 Å². The Kier molecular flexibility index (Phi) is 7.47. The Labute approximate surface area is 198 Å². The van der Waals surface area contributed by atoms with E-state index in [2.05, 4.69) is 29.6 Å². The van der Waals surface area contributed by atoms with Gasteiger partial charge in [-0.05, 0) is 46.9 Å². The average molecular weight is 467 g/mol. The van der Waals surface area contributed by atoms with Crippen molar-refractivity contribution >= 4 is 18.0 Å². The van der Waals surface area contributed by atoms with Gasteiger partial charge in [-0.3, -0.25) is 9.59 Å². The molecular weight excluding hydrogens is 436 g/mol. The van der Waals surface area contributed by atoms with Crippen molar-refractivity contribution in [1.82, 2.24) is 10.2 Å². The molecule has 2 aromatic carbocycles. The van der Waals surface area contributed by atoms with Crippen LogP contribution in [0.25, 0.3) is 11.1 Å². The second-order valence-electron chi connectivity index (χ2n) is 9.05. The molecule has 8 nitrogen and oxygen atoms in total. The van der Waals surface area contributed by atoms with Crippen LogP contribution in [-0.4, -0.2) is 65.9 Å². The van der Waals surface area contributed by atoms with Gasteiger partial charge in [0, 0.05) is 25.4 Å². The maximum Gasteiger partial charge on any atom is 0.407 e. The third-order valence-electron chi connectivity index (χ3n) is 6.72. The maximum absolute atomic E-state index is 12.3. The lowest BCUT2D eigenvalue weighted by Crippen LogP contribution is -2.41. The monoisotopic (exact) mass is 466 g/mol. The number of carbonyl (C=O) groups excluding carboxylic acids is 2. The molecule has 0 aromatic heterocycles. The number of rotatable bonds is 10. The Morgan fingerprint density at radius 3 is 2.18 bits per heavy atom. The van der Waals surface area contributed by atoms with Crippen molar-refractivity contribution in [2.45, 2.75) is 25.2 Å². The predicted octanol–water partition coefficient (Wildman–Crippen LogP) is 2.85. The van der Waals surface area contributed by atoms with Crippen LogP contribution in [0.15, 0.2) is 48.5 Å². The molecule has 0 unspecified atom stereocenters. The summed E-state index contributed by atoms with van der Waals surface area (Å²) in [7, 11) is 0. The third-order valence-corrected chi connectivity index (χ3v) is 6.72. The fraction of sp³-hybridized carbons (Fsp3) is 0.423. The number of nitrogens with zero attached hydrogens (tertiary/aromatic N) is 1. The van der Waals surface area contributed by atoms with E-state index in [0.717, 1.165) is 12.8 Å². The largest absolute Gasteiger partial charge is 0.480 e. The Morgan fingerprint density at radius 2 is 1.59 bits per heavy atom. The van der Waals surface area contributed by atoms with Gasteiger partial charge < -0.3 is 25.2 Å². The molecule has 8 heteroatoms. The lowest BCUT2D eigenvalue weighted by atomic mass is 9.73. The van der Waals surface area contributed by atoms with Crippen LogP contribution < -0.4 is 5.32 Å². The van der Waals surface area contributed by atoms with Gasteiger partial charge in [-0.15, -0.1) is 0 Å². The molecule has 0 radical (unpaired) electrons. The number of carboxylic acids is 1. The first-order chi connectivity index (χ1) is 16.5. The summed E-state index contributed by atoms with van der Waals surface area (Å²) in [4.78, 5) is 36.7. The summed E-state index contributed by atoms with van der Waals surface area (Å²) in [6.07, 6.45) is 1.39. The van der Waals surface area contributed by atoms with Gasteiger partial charge in [-0.1, -0.05) is 48.5 Å². The number of nitrogens with one attached hydrogen (secondary N) is 1. The van der Waals surface area contributed by atoms with Crippen molar-refractivity contribution in [2.24, 2.45) is 11.8 Å². The lowest BCUT2D eigenvalue weighted by molar-refractivity contribution is -0.145. The highest BCUT2D eigenvalue weighted by Gasteiger charge is 2.33. The van der Waals surface area contributed by atoms with E-state index in [9.17, 15) is 14.4 Å². The molecule has 2 amide bonds. The summed E-state index contributed by atoms with van der Waals surface area (Å²) in [5, 5.41) is 20.8. The van der Waals surface area contributed by atoms with E-state index in [1.54, 1.807) is 0 Å². The zero-order valence-electron chi connectivity index (χ0n) is 19.0. The maximum atomic E-state index is 12.3. The van der Waals surface area contributed by atoms with Gasteiger partial charge in [0.25, 0.3) is 0 Å². The van der Waals surface area contributed by atoms with Crippen molar-refractivity contribution in [2.75, 3.05) is 32.8 Å². The highest BCUT2D eigenvalue weighted by Crippen LogP contribution is 2.44. The summed E-state index contributed by atoms with van der Waals surface area (Å²) in [6.45, 7) is 0.0998. The molecule has 0 bridgehead atoms. The van der Waals surface area contributed by atoms with Crippen LogP contribution in [0.1, 0.15) is 36.3 Å². The number of aliphatic carboxylic acids is 1. The number of aliphatic hydroxyl groups is 1. The molecule has 2 aliphatic carbocycles. The number of carboxylic acid groups (broad SMARTS) is 1. The van der Waals surface area contributed by atoms with E-state index in [1.807, 2.05) is 24.3 Å². The highest BCUT2D eigenvalue weighted by atomic mass is 16.5. The minimum absolute atomic E-state index is 0.0184. The van der Waals surface area contributed by atoms with Crippen LogP contribution in [0, 0.1) is 11.8 Å². The molecule has 1 saturated carbocycles. The molecule has 0 saturated heterocycles. The number of fused-ring (bicyclic) bond motifs is 3. The number of ether oxygens (including phenoxy) is 1. The van der Waals surface area contributed by atoms with Gasteiger partial charge in [-0.25, -0.2) is 4.79 Å². The molecule has 0 spiro atoms. The molecule has 0 aliphatic heterocycles. The summed E-state index contributed by atoms with van der Waals surface area (Å²) >= 11 is 0. The van der Waals surface area contributed by atoms with Crippen LogP contribution in [0.2, 0.25) is 0 Å². The Bertz CT molecular complexity index is 1000. The first kappa shape index (κ1) is 23.8. The standard InChI is InChI=1S/C26H30N2O6/c29-10-9-28(15-25(31)32)24(30)13-17-11-18(12-17)14-27-26(33)34-16-23-21-7-3-1-5-19(21)20-6-2-4-8-22(20)23/h1-8,17-18,23,29H,9-16H2,(H,27,33)(H,31,32). The molecule has 34 heavy (non-hydrogen) atoms. The molecule has 3 N–H and O–H groups in total. The first-order valence-electron chi connectivity index (χ1n) is 11.7. The van der Waals surface area contributed by atoms with Crippen molar-refractivity contribution in [3.8, 4) is 11.1 Å². The molecule has 0 heterocycles. The molecule has 2 aromatic rings. The Hall–Kier alpha value is -3.39. The molecule has 2 aliphatic rings. The minimum atomic E-state index is -1.10. The van der Waals surface area contributed by atoms with Crippen LogP contribution in [0.5, 0.6) is 0 Å². The fourth-order valence-corrected chi connectivity index (χ4v) is 5.04. The van der Waals surface area contributed by atoms with Crippen molar-refractivity contribution < 1.29 is 29.3 Å². The fourth-order valence-electron chi connectivity index (χ4n) is 5.04. The van der Waals surface area contributed by atoms with Crippen LogP contribution in [0.4, 0.5) is 4.79 Å². The van der Waals surface area contributed by atoms with Gasteiger partial charge in [0.15, 0.2) is 0 Å². The number of hydrogen-bond acceptors (Lipinski definition) is 5. The number of benzene rings is 2. The van der Waals surface area contributed by atoms with Crippen molar-refractivity contribution in [3.05, 3.63) is 59.7 Å². The number of amides is 2. The highest BCUT2D eigenvalue weighted by molar-refractivity contribution is 5.81. The zero-order valence-corrected chi connectivity index (χ0v) is 19.0. The summed E-state index contributed by atoms with van der Waals surface area (Å²) in [5.74, 6) is -0.907. The Balaban J connectivity index is 1.19. The van der Waals surface area contributed by atoms with Gasteiger partial charge in [-0.2, -0.15) is 0 Å². The lowest BCUT2D eigenvalue weighted by Gasteiger charge is -2.36. The molecule has 0 atom stereocenters. The van der Waals surface area contributed by atoms with Crippen molar-refractivity contribution in [1.29, 1.82) is 0 Å². The smallest absolute Gasteiger partial charge is 0.407 e. The first-order valence-corrected chi connectivity index (χ1v) is 11.7. The van der Waals surface area contributed by atoms with Gasteiger partial charge in [0.2, 0.25) is 5.91 Å². The van der Waals surface area contributed by atoms with Gasteiger partial charge in [0.1, 0.15) is 13.2 Å². The van der Waals surface area contributed by atoms with E-state index in [-0.39, 0.29) is 49.8 Å². The van der Waals surface area contributed by atoms with Crippen molar-refractivity contribution in [3.63, 3.8) is 0 Å². The van der Waals surface area contributed by atoms with E-state index in [4.69, 9.17) is 14.9 Å². The normalized spacial score (nSPS) is 18.4. The van der Waals surface area contributed by atoms with Crippen LogP contribution in [0.3, 0.4) is 0 Å². The molecule has 4 rings (SSSR count). The quantitative estimate of drug-likeness (QED) is 0.496. The molecule has 1 fully saturated rings. The number of hydrogen-bond donors (Lipinski definition) is 3. The van der Waals surface area contributed by atoms with E-state index >= 15 is 0 Å². The molecular formula is C26H30N2O6. The predicted molar refractivity (Wildman–Crippen MR) is 125 cm³/mol. The molecule has 180 valence electrons. The second kappa shape index (κ2) is 10.7. The average Bonchev–Trinajstić information content (AvgIpc) is 3.12. The SMILES string of the molecule is O=C(O)CN(CCO)C(=O)CC1CC(CNC(=O)OCC2c3ccccc3-c3ccccc32)C1. The number of aliphatic hydroxyl groups excluding tert-OH is 1. The van der Waals surface area contributed by atoms with Gasteiger partial charge in [0.05, 0.1) is 6.61 Å². The van der Waals surface area contributed by atoms with E-state index in [0.29, 0.717) is 6.54 Å². The van der Waals surface area contributed by atoms with Crippen LogP contribution in [-0.2, 0) is 14.3 Å². The van der Waals surface area contributed by atoms with E-state index < -0.39 is 18.6 Å². The van der Waals surface area contributed by atoms with E-state index in [1.165, 1.54) is 27.2 Å². The Morgan fingerprint density at radius 1 is 0.971 bits per heavy atom. The number of alkyl carbamates (subject to hydrolysis) is 1. The minimum Gasteiger partial charge on any atom is -0.480 e. The van der Waals surface area contributed by atoms with Gasteiger partial charge >= 0.3 is 12.1 Å². The summed E-state index contributed by atoms with van der Waals surface area (Å²) in [6, 6.07) is 16.4. The zero-order chi connectivity index (χ0) is 24.1.